The van der Waals surface area contributed by atoms with Crippen LogP contribution in [0.4, 0.5) is 17.6 Å². The smallest absolute Gasteiger partial charge is 0.218 e. The van der Waals surface area contributed by atoms with Gasteiger partial charge in [-0.1, -0.05) is 0 Å². The first kappa shape index (κ1) is 39.7. The predicted molar refractivity (Wildman–Crippen MR) is 195 cm³/mol. The average Bonchev–Trinajstić information content (AvgIpc) is 4.05. The summed E-state index contributed by atoms with van der Waals surface area (Å²) in [6.07, 6.45) is 1.80. The maximum Gasteiger partial charge on any atom is 0.218 e. The number of aliphatic hydroxyl groups is 1. The molecule has 0 amide bonds. The van der Waals surface area contributed by atoms with Crippen LogP contribution >= 0.6 is 31.9 Å². The Kier molecular flexibility index (Phi) is 12.0. The van der Waals surface area contributed by atoms with Gasteiger partial charge in [0.1, 0.15) is 32.6 Å². The van der Waals surface area contributed by atoms with Crippen LogP contribution in [-0.2, 0) is 32.0 Å². The molecule has 2 aliphatic heterocycles. The first-order chi connectivity index (χ1) is 27.0. The topological polar surface area (TPSA) is 145 Å². The summed E-state index contributed by atoms with van der Waals surface area (Å²) in [6, 6.07) is 7.77. The molecular formula is C36H32Br2F4N8O6. The maximum absolute atomic E-state index is 14.6. The number of hydrogen-bond donors (Lipinski definition) is 1. The molecule has 1 atom stereocenters. The van der Waals surface area contributed by atoms with Crippen LogP contribution < -0.4 is 0 Å². The first-order valence-electron chi connectivity index (χ1n) is 17.2. The summed E-state index contributed by atoms with van der Waals surface area (Å²) in [5, 5.41) is 27.2. The van der Waals surface area contributed by atoms with Gasteiger partial charge in [-0.3, -0.25) is 14.2 Å². The van der Waals surface area contributed by atoms with Gasteiger partial charge >= 0.3 is 0 Å². The fraction of sp³-hybridized carbons (Fsp3) is 0.306. The van der Waals surface area contributed by atoms with Gasteiger partial charge in [-0.15, -0.1) is 0 Å². The van der Waals surface area contributed by atoms with Crippen molar-refractivity contribution in [3.8, 4) is 11.4 Å². The average molecular weight is 909 g/mol. The Hall–Kier alpha value is -4.57. The molecule has 0 aliphatic carbocycles. The second kappa shape index (κ2) is 16.9. The van der Waals surface area contributed by atoms with Gasteiger partial charge in [-0.2, -0.15) is 20.4 Å². The Morgan fingerprint density at radius 3 is 1.77 bits per heavy atom. The molecule has 20 heteroatoms. The zero-order chi connectivity index (χ0) is 39.7. The monoisotopic (exact) mass is 906 g/mol. The molecule has 2 fully saturated rings. The second-order valence-corrected chi connectivity index (χ2v) is 13.7. The fourth-order valence-electron chi connectivity index (χ4n) is 6.19. The van der Waals surface area contributed by atoms with Crippen LogP contribution in [0, 0.1) is 23.3 Å². The molecule has 2 saturated heterocycles. The molecule has 0 spiro atoms. The fourth-order valence-corrected chi connectivity index (χ4v) is 7.48. The number of aromatic nitrogens is 8. The molecular weight excluding hydrogens is 876 g/mol. The zero-order valence-corrected chi connectivity index (χ0v) is 32.8. The van der Waals surface area contributed by atoms with E-state index in [2.05, 4.69) is 52.3 Å². The molecule has 0 saturated carbocycles. The molecule has 4 aromatic heterocycles. The van der Waals surface area contributed by atoms with Crippen molar-refractivity contribution in [2.75, 3.05) is 26.4 Å². The van der Waals surface area contributed by atoms with E-state index in [4.69, 9.17) is 18.9 Å². The highest BCUT2D eigenvalue weighted by Gasteiger charge is 2.31. The maximum atomic E-state index is 14.6. The molecule has 2 aromatic carbocycles. The number of carbonyl (C=O) groups excluding carboxylic acids is 1. The van der Waals surface area contributed by atoms with Gasteiger partial charge in [0, 0.05) is 29.8 Å². The Morgan fingerprint density at radius 2 is 1.23 bits per heavy atom. The summed E-state index contributed by atoms with van der Waals surface area (Å²) in [5.74, 6) is -3.10. The second-order valence-electron chi connectivity index (χ2n) is 12.2. The minimum atomic E-state index is -1.35. The minimum Gasteiger partial charge on any atom is -0.382 e. The van der Waals surface area contributed by atoms with Gasteiger partial charge in [-0.25, -0.2) is 26.9 Å². The van der Waals surface area contributed by atoms with Gasteiger partial charge in [0.25, 0.3) is 0 Å². The van der Waals surface area contributed by atoms with E-state index in [1.807, 2.05) is 13.8 Å². The van der Waals surface area contributed by atoms with Crippen molar-refractivity contribution in [2.24, 2.45) is 0 Å². The van der Waals surface area contributed by atoms with E-state index in [0.717, 1.165) is 17.1 Å². The molecule has 1 unspecified atom stereocenters. The van der Waals surface area contributed by atoms with Crippen molar-refractivity contribution < 1.29 is 46.4 Å². The number of ketones is 1. The molecule has 6 aromatic rings. The summed E-state index contributed by atoms with van der Waals surface area (Å²) >= 11 is 6.70. The van der Waals surface area contributed by atoms with Gasteiger partial charge in [0.2, 0.25) is 5.78 Å². The number of aliphatic hydroxyl groups excluding tert-OH is 1. The van der Waals surface area contributed by atoms with Gasteiger partial charge in [0.05, 0.1) is 68.2 Å². The van der Waals surface area contributed by atoms with E-state index in [1.54, 1.807) is 9.36 Å². The number of rotatable bonds is 10. The summed E-state index contributed by atoms with van der Waals surface area (Å²) in [7, 11) is 0. The SMILES string of the molecule is CCn1ncc(C(=O)c2c(F)cnn2-c2ccc(F)cc2C2OCCO2)c1Br.CCn1ncc(C(O)c2c(F)cnn2-c2ccc(F)cc2C2OCCO2)c1Br. The molecule has 14 nitrogen and oxygen atoms in total. The van der Waals surface area contributed by atoms with Crippen LogP contribution in [0.1, 0.15) is 71.0 Å². The van der Waals surface area contributed by atoms with E-state index in [0.29, 0.717) is 76.8 Å². The number of halogens is 6. The summed E-state index contributed by atoms with van der Waals surface area (Å²) < 4.78 is 85.3. The van der Waals surface area contributed by atoms with Crippen LogP contribution in [0.15, 0.2) is 70.4 Å². The quantitative estimate of drug-likeness (QED) is 0.117. The summed E-state index contributed by atoms with van der Waals surface area (Å²) in [4.78, 5) is 13.1. The molecule has 1 N–H and O–H groups in total. The molecule has 56 heavy (non-hydrogen) atoms. The van der Waals surface area contributed by atoms with Crippen molar-refractivity contribution in [2.45, 2.75) is 45.6 Å². The van der Waals surface area contributed by atoms with Crippen LogP contribution in [0.3, 0.4) is 0 Å². The predicted octanol–water partition coefficient (Wildman–Crippen LogP) is 6.66. The van der Waals surface area contributed by atoms with E-state index in [-0.39, 0.29) is 17.0 Å². The number of nitrogens with zero attached hydrogens (tertiary/aromatic N) is 8. The highest BCUT2D eigenvalue weighted by molar-refractivity contribution is 9.10. The van der Waals surface area contributed by atoms with Crippen molar-refractivity contribution in [1.29, 1.82) is 0 Å². The van der Waals surface area contributed by atoms with E-state index >= 15 is 0 Å². The van der Waals surface area contributed by atoms with E-state index < -0.39 is 47.7 Å². The van der Waals surface area contributed by atoms with Crippen LogP contribution in [0.2, 0.25) is 0 Å². The molecule has 2 aliphatic rings. The standard InChI is InChI=1S/C18H17BrF2N4O3.C18H15BrF2N4O3/c2*1-2-24-17(19)12(8-22-24)16(26)15-13(21)9-23-25(15)14-4-3-10(20)7-11(14)18-27-5-6-28-18/h3-4,7-9,16,18,26H,2,5-6H2,1H3;3-4,7-9,18H,2,5-6H2,1H3. The Morgan fingerprint density at radius 1 is 0.732 bits per heavy atom. The largest absolute Gasteiger partial charge is 0.382 e. The van der Waals surface area contributed by atoms with E-state index in [1.165, 1.54) is 53.5 Å². The third-order valence-corrected chi connectivity index (χ3v) is 10.6. The summed E-state index contributed by atoms with van der Waals surface area (Å²) in [6.45, 7) is 6.31. The highest BCUT2D eigenvalue weighted by Crippen LogP contribution is 2.35. The first-order valence-corrected chi connectivity index (χ1v) is 18.8. The normalized spacial score (nSPS) is 15.4. The lowest BCUT2D eigenvalue weighted by Crippen LogP contribution is -2.15. The Balaban J connectivity index is 0.000000172. The van der Waals surface area contributed by atoms with Gasteiger partial charge in [-0.05, 0) is 82.1 Å². The molecule has 294 valence electrons. The zero-order valence-electron chi connectivity index (χ0n) is 29.6. The number of benzene rings is 2. The van der Waals surface area contributed by atoms with Crippen LogP contribution in [0.5, 0.6) is 0 Å². The number of carbonyl (C=O) groups is 1. The lowest BCUT2D eigenvalue weighted by molar-refractivity contribution is -0.0445. The van der Waals surface area contributed by atoms with Gasteiger partial charge < -0.3 is 24.1 Å². The Bertz CT molecular complexity index is 2370. The van der Waals surface area contributed by atoms with Gasteiger partial charge in [0.15, 0.2) is 29.9 Å². The third kappa shape index (κ3) is 7.61. The molecule has 8 rings (SSSR count). The molecule has 0 bridgehead atoms. The minimum absolute atomic E-state index is 0.0952. The van der Waals surface area contributed by atoms with E-state index in [9.17, 15) is 27.5 Å². The van der Waals surface area contributed by atoms with Crippen molar-refractivity contribution in [3.05, 3.63) is 127 Å². The van der Waals surface area contributed by atoms with Crippen LogP contribution in [-0.4, -0.2) is 76.4 Å². The number of ether oxygens (including phenoxy) is 4. The van der Waals surface area contributed by atoms with Crippen LogP contribution in [0.25, 0.3) is 11.4 Å². The number of hydrogen-bond acceptors (Lipinski definition) is 10. The summed E-state index contributed by atoms with van der Waals surface area (Å²) in [5.41, 5.74) is 1.52. The highest BCUT2D eigenvalue weighted by atomic mass is 79.9. The Labute approximate surface area is 332 Å². The molecule has 0 radical (unpaired) electrons. The van der Waals surface area contributed by atoms with Crippen molar-refractivity contribution >= 4 is 37.6 Å². The lowest BCUT2D eigenvalue weighted by atomic mass is 10.1. The third-order valence-electron chi connectivity index (χ3n) is 8.86. The lowest BCUT2D eigenvalue weighted by Gasteiger charge is -2.18. The molecule has 6 heterocycles. The van der Waals surface area contributed by atoms with Crippen molar-refractivity contribution in [1.82, 2.24) is 39.1 Å². The van der Waals surface area contributed by atoms with Crippen molar-refractivity contribution in [3.63, 3.8) is 0 Å². The number of aryl methyl sites for hydroxylation is 2.